The minimum Gasteiger partial charge on any atom is -0.493 e. The van der Waals surface area contributed by atoms with E-state index in [0.29, 0.717) is 46.2 Å². The first-order valence-corrected chi connectivity index (χ1v) is 10.7. The number of aryl methyl sites for hydroxylation is 3. The van der Waals surface area contributed by atoms with E-state index in [9.17, 15) is 9.59 Å². The van der Waals surface area contributed by atoms with Gasteiger partial charge in [-0.05, 0) is 43.2 Å². The normalized spacial score (nSPS) is 11.1. The van der Waals surface area contributed by atoms with E-state index in [0.717, 1.165) is 11.1 Å². The van der Waals surface area contributed by atoms with Crippen molar-refractivity contribution in [2.75, 3.05) is 21.3 Å². The predicted octanol–water partition coefficient (Wildman–Crippen LogP) is 2.59. The van der Waals surface area contributed by atoms with Crippen molar-refractivity contribution in [3.8, 4) is 17.2 Å². The van der Waals surface area contributed by atoms with Gasteiger partial charge in [0.25, 0.3) is 5.56 Å². The Labute approximate surface area is 195 Å². The molecule has 34 heavy (non-hydrogen) atoms. The van der Waals surface area contributed by atoms with E-state index in [1.165, 1.54) is 11.7 Å². The van der Waals surface area contributed by atoms with Crippen molar-refractivity contribution in [1.82, 2.24) is 19.2 Å². The average molecular weight is 466 g/mol. The number of hydrogen-bond acceptors (Lipinski definition) is 8. The third-order valence-corrected chi connectivity index (χ3v) is 5.65. The maximum absolute atomic E-state index is 12.7. The van der Waals surface area contributed by atoms with Crippen molar-refractivity contribution in [2.24, 2.45) is 7.05 Å². The Balaban J connectivity index is 1.51. The highest BCUT2D eigenvalue weighted by Crippen LogP contribution is 2.38. The molecule has 4 rings (SSSR count). The molecule has 0 atom stereocenters. The van der Waals surface area contributed by atoms with E-state index in [1.54, 1.807) is 37.8 Å². The van der Waals surface area contributed by atoms with Gasteiger partial charge in [0.05, 0.1) is 32.2 Å². The molecule has 0 N–H and O–H groups in total. The van der Waals surface area contributed by atoms with Gasteiger partial charge < -0.3 is 18.9 Å². The smallest absolute Gasteiger partial charge is 0.306 e. The van der Waals surface area contributed by atoms with E-state index in [1.807, 2.05) is 25.1 Å². The molecule has 0 fully saturated rings. The predicted molar refractivity (Wildman–Crippen MR) is 125 cm³/mol. The van der Waals surface area contributed by atoms with E-state index in [-0.39, 0.29) is 18.6 Å². The van der Waals surface area contributed by atoms with Crippen LogP contribution in [0.5, 0.6) is 17.2 Å². The van der Waals surface area contributed by atoms with Gasteiger partial charge in [-0.25, -0.2) is 0 Å². The molecule has 2 aromatic heterocycles. The molecule has 0 spiro atoms. The molecule has 4 aromatic rings. The fourth-order valence-electron chi connectivity index (χ4n) is 3.90. The molecule has 0 radical (unpaired) electrons. The first-order valence-electron chi connectivity index (χ1n) is 10.7. The van der Waals surface area contributed by atoms with E-state index >= 15 is 0 Å². The van der Waals surface area contributed by atoms with Gasteiger partial charge in [-0.1, -0.05) is 11.6 Å². The quantitative estimate of drug-likeness (QED) is 0.365. The van der Waals surface area contributed by atoms with Crippen molar-refractivity contribution >= 4 is 22.6 Å². The van der Waals surface area contributed by atoms with Gasteiger partial charge in [-0.3, -0.25) is 18.6 Å². The van der Waals surface area contributed by atoms with Crippen molar-refractivity contribution in [1.29, 1.82) is 0 Å². The van der Waals surface area contributed by atoms with Crippen LogP contribution in [0.25, 0.3) is 16.7 Å². The fourth-order valence-corrected chi connectivity index (χ4v) is 3.90. The molecule has 10 heteroatoms. The summed E-state index contributed by atoms with van der Waals surface area (Å²) < 4.78 is 24.7. The molecule has 0 saturated heterocycles. The molecule has 0 amide bonds. The molecule has 0 saturated carbocycles. The highest BCUT2D eigenvalue weighted by molar-refractivity contribution is 5.81. The van der Waals surface area contributed by atoms with Crippen LogP contribution in [0.2, 0.25) is 0 Å². The number of aromatic nitrogens is 4. The summed E-state index contributed by atoms with van der Waals surface area (Å²) in [6.07, 6.45) is 0.570. The molecule has 0 aliphatic carbocycles. The lowest BCUT2D eigenvalue weighted by Crippen LogP contribution is -2.20. The molecule has 2 aromatic carbocycles. The van der Waals surface area contributed by atoms with Gasteiger partial charge in [0.1, 0.15) is 0 Å². The summed E-state index contributed by atoms with van der Waals surface area (Å²) in [5.41, 5.74) is 2.32. The average Bonchev–Trinajstić information content (AvgIpc) is 3.28. The summed E-state index contributed by atoms with van der Waals surface area (Å²) in [5, 5.41) is 8.82. The number of rotatable bonds is 8. The maximum atomic E-state index is 12.7. The third-order valence-electron chi connectivity index (χ3n) is 5.65. The molecular formula is C24H26N4O6. The standard InChI is InChI=1S/C24H26N4O6/c1-14-6-8-17-16(10-14)23(30)27(2)24-26-25-20(28(17)24)13-34-21(29)9-7-15-11-18(31-3)22(33-5)19(12-15)32-4/h6,8,10-12H,7,9,13H2,1-5H3. The maximum Gasteiger partial charge on any atom is 0.306 e. The Morgan fingerprint density at radius 3 is 2.35 bits per heavy atom. The van der Waals surface area contributed by atoms with Crippen molar-refractivity contribution in [3.05, 3.63) is 57.6 Å². The lowest BCUT2D eigenvalue weighted by Gasteiger charge is -2.14. The SMILES string of the molecule is COc1cc(CCC(=O)OCc2nnc3n(C)c(=O)c4cc(C)ccc4n23)cc(OC)c1OC. The van der Waals surface area contributed by atoms with Crippen LogP contribution in [0, 0.1) is 6.92 Å². The van der Waals surface area contributed by atoms with Crippen LogP contribution >= 0.6 is 0 Å². The Bertz CT molecular complexity index is 1410. The van der Waals surface area contributed by atoms with Gasteiger partial charge in [-0.2, -0.15) is 0 Å². The number of methoxy groups -OCH3 is 3. The van der Waals surface area contributed by atoms with Crippen molar-refractivity contribution in [3.63, 3.8) is 0 Å². The molecule has 10 nitrogen and oxygen atoms in total. The van der Waals surface area contributed by atoms with Gasteiger partial charge in [-0.15, -0.1) is 10.2 Å². The number of hydrogen-bond donors (Lipinski definition) is 0. The summed E-state index contributed by atoms with van der Waals surface area (Å²) in [5.74, 6) is 1.95. The third kappa shape index (κ3) is 4.14. The summed E-state index contributed by atoms with van der Waals surface area (Å²) in [6, 6.07) is 9.18. The lowest BCUT2D eigenvalue weighted by atomic mass is 10.1. The molecule has 0 bridgehead atoms. The second kappa shape index (κ2) is 9.42. The number of carbonyl (C=O) groups excluding carboxylic acids is 1. The Morgan fingerprint density at radius 1 is 1.00 bits per heavy atom. The molecule has 178 valence electrons. The van der Waals surface area contributed by atoms with E-state index < -0.39 is 5.97 Å². The number of benzene rings is 2. The van der Waals surface area contributed by atoms with Crippen LogP contribution in [-0.2, 0) is 29.6 Å². The Kier molecular flexibility index (Phi) is 6.40. The number of carbonyl (C=O) groups is 1. The summed E-state index contributed by atoms with van der Waals surface area (Å²) in [7, 11) is 6.26. The molecule has 0 aliphatic rings. The van der Waals surface area contributed by atoms with Crippen molar-refractivity contribution < 1.29 is 23.7 Å². The number of fused-ring (bicyclic) bond motifs is 3. The topological polar surface area (TPSA) is 106 Å². The summed E-state index contributed by atoms with van der Waals surface area (Å²) in [4.78, 5) is 25.2. The first-order chi connectivity index (χ1) is 16.4. The van der Waals surface area contributed by atoms with Gasteiger partial charge >= 0.3 is 5.97 Å². The fraction of sp³-hybridized carbons (Fsp3) is 0.333. The second-order valence-corrected chi connectivity index (χ2v) is 7.83. The minimum absolute atomic E-state index is 0.0730. The van der Waals surface area contributed by atoms with E-state index in [4.69, 9.17) is 18.9 Å². The van der Waals surface area contributed by atoms with Gasteiger partial charge in [0.2, 0.25) is 11.5 Å². The zero-order valence-electron chi connectivity index (χ0n) is 19.7. The monoisotopic (exact) mass is 466 g/mol. The molecule has 0 unspecified atom stereocenters. The van der Waals surface area contributed by atoms with Crippen LogP contribution in [0.3, 0.4) is 0 Å². The number of ether oxygens (including phenoxy) is 4. The number of esters is 1. The van der Waals surface area contributed by atoms with Crippen LogP contribution in [0.15, 0.2) is 35.1 Å². The first kappa shape index (κ1) is 23.1. The molecule has 0 aliphatic heterocycles. The Hall–Kier alpha value is -4.08. The minimum atomic E-state index is -0.393. The molecular weight excluding hydrogens is 440 g/mol. The second-order valence-electron chi connectivity index (χ2n) is 7.83. The van der Waals surface area contributed by atoms with Crippen LogP contribution in [0.4, 0.5) is 0 Å². The van der Waals surface area contributed by atoms with Crippen LogP contribution in [-0.4, -0.2) is 46.5 Å². The zero-order chi connectivity index (χ0) is 24.4. The zero-order valence-corrected chi connectivity index (χ0v) is 19.7. The lowest BCUT2D eigenvalue weighted by molar-refractivity contribution is -0.145. The van der Waals surface area contributed by atoms with Gasteiger partial charge in [0.15, 0.2) is 23.9 Å². The highest BCUT2D eigenvalue weighted by Gasteiger charge is 2.17. The summed E-state index contributed by atoms with van der Waals surface area (Å²) >= 11 is 0. The summed E-state index contributed by atoms with van der Waals surface area (Å²) in [6.45, 7) is 1.85. The number of nitrogens with zero attached hydrogens (tertiary/aromatic N) is 4. The van der Waals surface area contributed by atoms with Crippen LogP contribution < -0.4 is 19.8 Å². The van der Waals surface area contributed by atoms with Crippen molar-refractivity contribution in [2.45, 2.75) is 26.4 Å². The van der Waals surface area contributed by atoms with E-state index in [2.05, 4.69) is 10.2 Å². The molecule has 2 heterocycles. The Morgan fingerprint density at radius 2 is 1.71 bits per heavy atom. The van der Waals surface area contributed by atoms with Crippen LogP contribution in [0.1, 0.15) is 23.4 Å². The highest BCUT2D eigenvalue weighted by atomic mass is 16.5. The van der Waals surface area contributed by atoms with Gasteiger partial charge in [0, 0.05) is 13.5 Å². The largest absolute Gasteiger partial charge is 0.493 e.